The van der Waals surface area contributed by atoms with Gasteiger partial charge in [0, 0.05) is 6.54 Å². The Morgan fingerprint density at radius 1 is 1.43 bits per heavy atom. The van der Waals surface area contributed by atoms with Gasteiger partial charge in [0.2, 0.25) is 5.91 Å². The van der Waals surface area contributed by atoms with Crippen LogP contribution in [0.25, 0.3) is 0 Å². The number of morpholine rings is 1. The van der Waals surface area contributed by atoms with Crippen LogP contribution in [0.15, 0.2) is 0 Å². The van der Waals surface area contributed by atoms with Crippen LogP contribution in [0, 0.1) is 5.92 Å². The highest BCUT2D eigenvalue weighted by molar-refractivity contribution is 5.77. The van der Waals surface area contributed by atoms with E-state index in [0.29, 0.717) is 12.5 Å². The van der Waals surface area contributed by atoms with Gasteiger partial charge >= 0.3 is 0 Å². The third-order valence-corrected chi connectivity index (χ3v) is 3.22. The summed E-state index contributed by atoms with van der Waals surface area (Å²) in [4.78, 5) is 13.2. The molecule has 80 valence electrons. The molecule has 0 aromatic rings. The van der Waals surface area contributed by atoms with Crippen LogP contribution in [0.5, 0.6) is 0 Å². The van der Waals surface area contributed by atoms with E-state index in [0.717, 1.165) is 13.1 Å². The minimum Gasteiger partial charge on any atom is -0.366 e. The Hall–Kier alpha value is -0.610. The molecule has 0 radical (unpaired) electrons. The number of amides is 1. The van der Waals surface area contributed by atoms with Crippen molar-refractivity contribution in [1.82, 2.24) is 10.2 Å². The number of hydrogen-bond acceptors (Lipinski definition) is 3. The number of likely N-dealkylation sites (tertiary alicyclic amines) is 1. The second-order valence-corrected chi connectivity index (χ2v) is 4.29. The Morgan fingerprint density at radius 2 is 2.14 bits per heavy atom. The lowest BCUT2D eigenvalue weighted by molar-refractivity contribution is -0.136. The van der Waals surface area contributed by atoms with Crippen molar-refractivity contribution >= 4 is 5.91 Å². The average Bonchev–Trinajstić information content (AvgIpc) is 2.21. The van der Waals surface area contributed by atoms with Gasteiger partial charge in [-0.1, -0.05) is 0 Å². The molecule has 0 aliphatic carbocycles. The Labute approximate surface area is 84.6 Å². The topological polar surface area (TPSA) is 41.6 Å². The molecule has 2 aliphatic heterocycles. The molecule has 1 N–H and O–H groups in total. The molecule has 0 saturated carbocycles. The van der Waals surface area contributed by atoms with E-state index in [1.807, 2.05) is 0 Å². The van der Waals surface area contributed by atoms with Crippen molar-refractivity contribution in [2.75, 3.05) is 33.3 Å². The number of nitrogens with one attached hydrogen (secondary N) is 1. The molecule has 2 heterocycles. The van der Waals surface area contributed by atoms with Crippen molar-refractivity contribution in [3.05, 3.63) is 0 Å². The summed E-state index contributed by atoms with van der Waals surface area (Å²) in [5.41, 5.74) is 0. The lowest BCUT2D eigenvalue weighted by Crippen LogP contribution is -2.48. The zero-order valence-electron chi connectivity index (χ0n) is 8.66. The maximum Gasteiger partial charge on any atom is 0.246 e. The van der Waals surface area contributed by atoms with Gasteiger partial charge in [-0.05, 0) is 38.9 Å². The van der Waals surface area contributed by atoms with Crippen LogP contribution in [0.3, 0.4) is 0 Å². The molecule has 2 rings (SSSR count). The van der Waals surface area contributed by atoms with Crippen LogP contribution >= 0.6 is 0 Å². The first kappa shape index (κ1) is 9.93. The second kappa shape index (κ2) is 4.28. The number of carbonyl (C=O) groups excluding carboxylic acids is 1. The summed E-state index contributed by atoms with van der Waals surface area (Å²) in [6.45, 7) is 3.25. The normalized spacial score (nSPS) is 31.5. The SMILES string of the molecule is CN1CCC(C2CNC(=O)CO2)CC1. The fourth-order valence-corrected chi connectivity index (χ4v) is 2.21. The molecule has 2 fully saturated rings. The summed E-state index contributed by atoms with van der Waals surface area (Å²) in [6.07, 6.45) is 2.63. The molecular weight excluding hydrogens is 180 g/mol. The quantitative estimate of drug-likeness (QED) is 0.637. The van der Waals surface area contributed by atoms with Gasteiger partial charge < -0.3 is 15.0 Å². The standard InChI is InChI=1S/C10H18N2O2/c1-12-4-2-8(3-5-12)9-6-11-10(13)7-14-9/h8-9H,2-7H2,1H3,(H,11,13). The van der Waals surface area contributed by atoms with E-state index < -0.39 is 0 Å². The van der Waals surface area contributed by atoms with E-state index in [4.69, 9.17) is 4.74 Å². The molecule has 0 aromatic heterocycles. The van der Waals surface area contributed by atoms with Crippen molar-refractivity contribution in [1.29, 1.82) is 0 Å². The summed E-state index contributed by atoms with van der Waals surface area (Å²) < 4.78 is 5.53. The maximum atomic E-state index is 10.9. The van der Waals surface area contributed by atoms with E-state index in [2.05, 4.69) is 17.3 Å². The summed E-state index contributed by atoms with van der Waals surface area (Å²) in [7, 11) is 2.15. The molecule has 2 saturated heterocycles. The molecule has 1 amide bonds. The smallest absolute Gasteiger partial charge is 0.246 e. The Bertz CT molecular complexity index is 202. The molecule has 4 nitrogen and oxygen atoms in total. The van der Waals surface area contributed by atoms with Gasteiger partial charge in [-0.25, -0.2) is 0 Å². The van der Waals surface area contributed by atoms with Gasteiger partial charge in [-0.2, -0.15) is 0 Å². The lowest BCUT2D eigenvalue weighted by atomic mass is 9.91. The Kier molecular flexibility index (Phi) is 3.03. The summed E-state index contributed by atoms with van der Waals surface area (Å²) in [5.74, 6) is 0.654. The van der Waals surface area contributed by atoms with Crippen molar-refractivity contribution < 1.29 is 9.53 Å². The third-order valence-electron chi connectivity index (χ3n) is 3.22. The minimum atomic E-state index is 0.0224. The first-order valence-electron chi connectivity index (χ1n) is 5.32. The van der Waals surface area contributed by atoms with E-state index in [-0.39, 0.29) is 18.6 Å². The molecule has 14 heavy (non-hydrogen) atoms. The highest BCUT2D eigenvalue weighted by atomic mass is 16.5. The Balaban J connectivity index is 1.81. The Morgan fingerprint density at radius 3 is 2.71 bits per heavy atom. The molecule has 1 unspecified atom stereocenters. The highest BCUT2D eigenvalue weighted by Gasteiger charge is 2.29. The molecule has 4 heteroatoms. The molecular formula is C10H18N2O2. The zero-order valence-corrected chi connectivity index (χ0v) is 8.66. The number of hydrogen-bond donors (Lipinski definition) is 1. The van der Waals surface area contributed by atoms with Gasteiger partial charge in [0.15, 0.2) is 0 Å². The monoisotopic (exact) mass is 198 g/mol. The van der Waals surface area contributed by atoms with Crippen molar-refractivity contribution in [2.24, 2.45) is 5.92 Å². The third kappa shape index (κ3) is 2.25. The number of nitrogens with zero attached hydrogens (tertiary/aromatic N) is 1. The molecule has 0 bridgehead atoms. The van der Waals surface area contributed by atoms with Gasteiger partial charge in [-0.3, -0.25) is 4.79 Å². The maximum absolute atomic E-state index is 10.9. The average molecular weight is 198 g/mol. The first-order valence-corrected chi connectivity index (χ1v) is 5.32. The fourth-order valence-electron chi connectivity index (χ4n) is 2.21. The largest absolute Gasteiger partial charge is 0.366 e. The second-order valence-electron chi connectivity index (χ2n) is 4.29. The summed E-state index contributed by atoms with van der Waals surface area (Å²) in [5, 5.41) is 2.86. The highest BCUT2D eigenvalue weighted by Crippen LogP contribution is 2.22. The molecule has 2 aliphatic rings. The number of piperidine rings is 1. The predicted octanol–water partition coefficient (Wildman–Crippen LogP) is -0.157. The van der Waals surface area contributed by atoms with Crippen LogP contribution in [0.1, 0.15) is 12.8 Å². The van der Waals surface area contributed by atoms with Gasteiger partial charge in [0.05, 0.1) is 6.10 Å². The van der Waals surface area contributed by atoms with E-state index >= 15 is 0 Å². The minimum absolute atomic E-state index is 0.0224. The van der Waals surface area contributed by atoms with E-state index in [1.165, 1.54) is 12.8 Å². The number of carbonyl (C=O) groups is 1. The van der Waals surface area contributed by atoms with Gasteiger partial charge in [0.1, 0.15) is 6.61 Å². The van der Waals surface area contributed by atoms with Crippen molar-refractivity contribution in [2.45, 2.75) is 18.9 Å². The number of rotatable bonds is 1. The van der Waals surface area contributed by atoms with Crippen LogP contribution in [-0.4, -0.2) is 50.2 Å². The van der Waals surface area contributed by atoms with Crippen molar-refractivity contribution in [3.63, 3.8) is 0 Å². The van der Waals surface area contributed by atoms with Gasteiger partial charge in [-0.15, -0.1) is 0 Å². The summed E-state index contributed by atoms with van der Waals surface area (Å²) in [6, 6.07) is 0. The zero-order chi connectivity index (χ0) is 9.97. The van der Waals surface area contributed by atoms with Crippen LogP contribution in [-0.2, 0) is 9.53 Å². The van der Waals surface area contributed by atoms with Crippen LogP contribution < -0.4 is 5.32 Å². The van der Waals surface area contributed by atoms with Gasteiger partial charge in [0.25, 0.3) is 0 Å². The number of ether oxygens (including phenoxy) is 1. The van der Waals surface area contributed by atoms with Crippen LogP contribution in [0.4, 0.5) is 0 Å². The molecule has 0 spiro atoms. The molecule has 1 atom stereocenters. The first-order chi connectivity index (χ1) is 6.75. The predicted molar refractivity (Wildman–Crippen MR) is 53.0 cm³/mol. The fraction of sp³-hybridized carbons (Fsp3) is 0.900. The van der Waals surface area contributed by atoms with Crippen molar-refractivity contribution in [3.8, 4) is 0 Å². The summed E-state index contributed by atoms with van der Waals surface area (Å²) >= 11 is 0. The van der Waals surface area contributed by atoms with E-state index in [1.54, 1.807) is 0 Å². The van der Waals surface area contributed by atoms with Crippen LogP contribution in [0.2, 0.25) is 0 Å². The van der Waals surface area contributed by atoms with E-state index in [9.17, 15) is 4.79 Å². The lowest BCUT2D eigenvalue weighted by Gasteiger charge is -2.35. The molecule has 0 aromatic carbocycles.